The number of hydrogen-bond acceptors (Lipinski definition) is 9. The lowest BCUT2D eigenvalue weighted by Crippen LogP contribution is -2.25. The lowest BCUT2D eigenvalue weighted by molar-refractivity contribution is -0.193. The number of benzene rings is 3. The van der Waals surface area contributed by atoms with Crippen molar-refractivity contribution >= 4 is 57.5 Å². The molecule has 5 rings (SSSR count). The van der Waals surface area contributed by atoms with Crippen molar-refractivity contribution in [1.29, 1.82) is 0 Å². The lowest BCUT2D eigenvalue weighted by Gasteiger charge is -2.10. The van der Waals surface area contributed by atoms with Gasteiger partial charge in [0.25, 0.3) is 11.8 Å². The van der Waals surface area contributed by atoms with Gasteiger partial charge >= 0.3 is 24.3 Å². The molecule has 1 saturated carbocycles. The van der Waals surface area contributed by atoms with Crippen LogP contribution in [0.1, 0.15) is 44.0 Å². The maximum absolute atomic E-state index is 13.4. The minimum atomic E-state index is -5.08. The smallest absolute Gasteiger partial charge is 0.475 e. The molecular weight excluding hydrogens is 750 g/mol. The monoisotopic (exact) mass is 782 g/mol. The Morgan fingerprint density at radius 3 is 2.02 bits per heavy atom. The van der Waals surface area contributed by atoms with Gasteiger partial charge in [0, 0.05) is 35.1 Å². The fraction of sp³-hybridized carbons (Fsp3) is 0.235. The molecule has 1 aliphatic carbocycles. The Labute approximate surface area is 306 Å². The molecule has 1 fully saturated rings. The van der Waals surface area contributed by atoms with Gasteiger partial charge in [0.1, 0.15) is 4.88 Å². The first-order valence-electron chi connectivity index (χ1n) is 15.5. The molecule has 3 amide bonds. The van der Waals surface area contributed by atoms with Crippen molar-refractivity contribution in [3.63, 3.8) is 0 Å². The first-order chi connectivity index (χ1) is 25.3. The molecule has 1 aliphatic rings. The molecule has 0 atom stereocenters. The van der Waals surface area contributed by atoms with Crippen molar-refractivity contribution in [2.24, 2.45) is 5.73 Å². The second-order valence-electron chi connectivity index (χ2n) is 11.2. The molecule has 13 nitrogen and oxygen atoms in total. The summed E-state index contributed by atoms with van der Waals surface area (Å²) in [6.07, 6.45) is -8.15. The molecule has 0 saturated heterocycles. The van der Waals surface area contributed by atoms with E-state index >= 15 is 0 Å². The van der Waals surface area contributed by atoms with Crippen LogP contribution in [0.3, 0.4) is 0 Å². The Morgan fingerprint density at radius 1 is 0.852 bits per heavy atom. The number of carbonyl (C=O) groups excluding carboxylic acids is 3. The molecule has 8 N–H and O–H groups in total. The second kappa shape index (κ2) is 18.6. The Hall–Kier alpha value is -6.02. The summed E-state index contributed by atoms with van der Waals surface area (Å²) >= 11 is 1.22. The molecule has 4 aromatic rings. The van der Waals surface area contributed by atoms with Gasteiger partial charge in [0.05, 0.1) is 12.2 Å². The van der Waals surface area contributed by atoms with E-state index in [2.05, 4.69) is 21.3 Å². The van der Waals surface area contributed by atoms with Gasteiger partial charge in [-0.1, -0.05) is 59.9 Å². The van der Waals surface area contributed by atoms with E-state index in [1.54, 1.807) is 30.3 Å². The fourth-order valence-corrected chi connectivity index (χ4v) is 4.96. The summed E-state index contributed by atoms with van der Waals surface area (Å²) in [7, 11) is 0. The summed E-state index contributed by atoms with van der Waals surface area (Å²) in [6.45, 7) is 2.17. The predicted molar refractivity (Wildman–Crippen MR) is 185 cm³/mol. The van der Waals surface area contributed by atoms with E-state index in [1.165, 1.54) is 11.3 Å². The van der Waals surface area contributed by atoms with Crippen molar-refractivity contribution in [3.05, 3.63) is 94.4 Å². The third-order valence-electron chi connectivity index (χ3n) is 6.87. The zero-order valence-electron chi connectivity index (χ0n) is 28.0. The molecule has 0 aliphatic heterocycles. The molecule has 0 radical (unpaired) electrons. The van der Waals surface area contributed by atoms with E-state index in [4.69, 9.17) is 30.5 Å². The largest absolute Gasteiger partial charge is 0.490 e. The number of aryl methyl sites for hydroxylation is 1. The number of alkyl halides is 6. The SMILES string of the molecule is Cc1ccc(C(=O)NC2CC2)cc1Nc1nc(-c2cccc(NC(=O)CN)c2)c(C(=O)NCc2ccccc2)s1.O=C(O)C(F)(F)F.O=C(O)C(F)(F)F. The van der Waals surface area contributed by atoms with Gasteiger partial charge in [-0.3, -0.25) is 14.4 Å². The number of anilines is 3. The quantitative estimate of drug-likeness (QED) is 0.0954. The van der Waals surface area contributed by atoms with Crippen LogP contribution >= 0.6 is 11.3 Å². The maximum Gasteiger partial charge on any atom is 0.490 e. The standard InChI is InChI=1S/C30H30N6O3S.2C2HF3O2/c1-18-10-11-21(28(38)34-22-12-13-22)15-24(18)35-30-36-26(20-8-5-9-23(14-20)33-25(37)16-31)27(40-30)29(39)32-17-19-6-3-2-4-7-19;2*3-2(4,5)1(6)7/h2-11,14-15,22H,12-13,16-17,31H2,1H3,(H,32,39)(H,33,37)(H,34,38)(H,35,36);2*(H,6,7). The van der Waals surface area contributed by atoms with E-state index in [9.17, 15) is 40.7 Å². The summed E-state index contributed by atoms with van der Waals surface area (Å²) in [6, 6.07) is 22.5. The van der Waals surface area contributed by atoms with Crippen LogP contribution in [0.15, 0.2) is 72.8 Å². The van der Waals surface area contributed by atoms with E-state index in [0.29, 0.717) is 39.1 Å². The number of aliphatic carboxylic acids is 2. The van der Waals surface area contributed by atoms with Crippen LogP contribution in [0, 0.1) is 6.92 Å². The highest BCUT2D eigenvalue weighted by Gasteiger charge is 2.39. The van der Waals surface area contributed by atoms with Crippen LogP contribution in [0.5, 0.6) is 0 Å². The van der Waals surface area contributed by atoms with Crippen LogP contribution in [-0.2, 0) is 20.9 Å². The molecule has 0 unspecified atom stereocenters. The summed E-state index contributed by atoms with van der Waals surface area (Å²) in [5.41, 5.74) is 10.3. The van der Waals surface area contributed by atoms with Gasteiger partial charge in [-0.05, 0) is 55.2 Å². The van der Waals surface area contributed by atoms with Crippen LogP contribution < -0.4 is 27.0 Å². The average Bonchev–Trinajstić information content (AvgIpc) is 3.83. The van der Waals surface area contributed by atoms with Gasteiger partial charge in [0.2, 0.25) is 5.91 Å². The number of rotatable bonds is 10. The fourth-order valence-electron chi connectivity index (χ4n) is 4.05. The number of amides is 3. The van der Waals surface area contributed by atoms with Gasteiger partial charge in [0.15, 0.2) is 5.13 Å². The number of thiazole rings is 1. The van der Waals surface area contributed by atoms with Crippen LogP contribution in [0.2, 0.25) is 0 Å². The Morgan fingerprint density at radius 2 is 1.46 bits per heavy atom. The number of carboxylic acids is 2. The van der Waals surface area contributed by atoms with Gasteiger partial charge in [-0.15, -0.1) is 0 Å². The third-order valence-corrected chi connectivity index (χ3v) is 7.84. The topological polar surface area (TPSA) is 213 Å². The summed E-state index contributed by atoms with van der Waals surface area (Å²) in [5.74, 6) is -6.21. The number of nitrogens with zero attached hydrogens (tertiary/aromatic N) is 1. The predicted octanol–water partition coefficient (Wildman–Crippen LogP) is 5.85. The number of hydrogen-bond donors (Lipinski definition) is 7. The molecule has 1 aromatic heterocycles. The zero-order chi connectivity index (χ0) is 40.2. The number of aromatic nitrogens is 1. The normalized spacial score (nSPS) is 12.1. The van der Waals surface area contributed by atoms with Gasteiger partial charge in [-0.2, -0.15) is 26.3 Å². The van der Waals surface area contributed by atoms with Crippen molar-refractivity contribution < 1.29 is 60.5 Å². The molecule has 0 spiro atoms. The molecule has 1 heterocycles. The van der Waals surface area contributed by atoms with Crippen molar-refractivity contribution in [2.45, 2.75) is 44.7 Å². The summed E-state index contributed by atoms with van der Waals surface area (Å²) in [4.78, 5) is 60.9. The molecule has 288 valence electrons. The first-order valence-corrected chi connectivity index (χ1v) is 16.3. The van der Waals surface area contributed by atoms with Gasteiger partial charge < -0.3 is 37.2 Å². The molecule has 20 heteroatoms. The number of nitrogens with two attached hydrogens (primary N) is 1. The van der Waals surface area contributed by atoms with E-state index in [1.807, 2.05) is 49.4 Å². The average molecular weight is 783 g/mol. The van der Waals surface area contributed by atoms with E-state index < -0.39 is 24.3 Å². The van der Waals surface area contributed by atoms with Crippen molar-refractivity contribution in [2.75, 3.05) is 17.2 Å². The molecule has 3 aromatic carbocycles. The Kier molecular flexibility index (Phi) is 14.6. The lowest BCUT2D eigenvalue weighted by atomic mass is 10.1. The van der Waals surface area contributed by atoms with E-state index in [-0.39, 0.29) is 30.3 Å². The minimum Gasteiger partial charge on any atom is -0.475 e. The Balaban J connectivity index is 0.000000476. The number of nitrogens with one attached hydrogen (secondary N) is 4. The second-order valence-corrected chi connectivity index (χ2v) is 12.2. The highest BCUT2D eigenvalue weighted by molar-refractivity contribution is 7.18. The molecular formula is C34H32F6N6O7S. The van der Waals surface area contributed by atoms with Crippen LogP contribution in [0.4, 0.5) is 42.8 Å². The van der Waals surface area contributed by atoms with Crippen molar-refractivity contribution in [3.8, 4) is 11.3 Å². The summed E-state index contributed by atoms with van der Waals surface area (Å²) < 4.78 is 63.5. The third kappa shape index (κ3) is 13.5. The summed E-state index contributed by atoms with van der Waals surface area (Å²) in [5, 5.41) is 26.8. The highest BCUT2D eigenvalue weighted by atomic mass is 32.1. The Bertz CT molecular complexity index is 1940. The van der Waals surface area contributed by atoms with Crippen molar-refractivity contribution in [1.82, 2.24) is 15.6 Å². The maximum atomic E-state index is 13.4. The number of halogens is 6. The first kappa shape index (κ1) is 42.4. The van der Waals surface area contributed by atoms with E-state index in [0.717, 1.165) is 29.7 Å². The molecule has 0 bridgehead atoms. The number of carboxylic acid groups (broad SMARTS) is 2. The highest BCUT2D eigenvalue weighted by Crippen LogP contribution is 2.35. The van der Waals surface area contributed by atoms with Crippen LogP contribution in [-0.4, -0.2) is 69.8 Å². The minimum absolute atomic E-state index is 0.109. The number of carbonyl (C=O) groups is 5. The van der Waals surface area contributed by atoms with Gasteiger partial charge in [-0.25, -0.2) is 14.6 Å². The molecule has 54 heavy (non-hydrogen) atoms. The zero-order valence-corrected chi connectivity index (χ0v) is 28.8. The van der Waals surface area contributed by atoms with Crippen LogP contribution in [0.25, 0.3) is 11.3 Å².